The van der Waals surface area contributed by atoms with E-state index in [2.05, 4.69) is 47.4 Å². The Morgan fingerprint density at radius 3 is 2.50 bits per heavy atom. The molecule has 0 amide bonds. The Morgan fingerprint density at radius 2 is 1.79 bits per heavy atom. The van der Waals surface area contributed by atoms with Gasteiger partial charge in [-0.15, -0.1) is 0 Å². The van der Waals surface area contributed by atoms with Gasteiger partial charge >= 0.3 is 0 Å². The molecule has 0 unspecified atom stereocenters. The molecule has 0 aromatic heterocycles. The summed E-state index contributed by atoms with van der Waals surface area (Å²) in [6.07, 6.45) is 7.22. The topological polar surface area (TPSA) is 3.24 Å². The highest BCUT2D eigenvalue weighted by Crippen LogP contribution is 2.07. The predicted octanol–water partition coefficient (Wildman–Crippen LogP) is 2.80. The molecule has 1 saturated heterocycles. The third kappa shape index (κ3) is 2.71. The third-order valence-electron chi connectivity index (χ3n) is 2.67. The Morgan fingerprint density at radius 1 is 1.07 bits per heavy atom. The standard InChI is InChI=1S/C13H17N/c1-2-7-13(8-3-1)9-6-12-14-10-4-5-11-14/h1-3,6-9H,4-5,10-12H2/b9-6-. The molecule has 0 radical (unpaired) electrons. The van der Waals surface area contributed by atoms with Gasteiger partial charge in [0.2, 0.25) is 0 Å². The number of benzene rings is 1. The second-order valence-electron chi connectivity index (χ2n) is 3.82. The highest BCUT2D eigenvalue weighted by atomic mass is 15.1. The minimum absolute atomic E-state index is 1.11. The Kier molecular flexibility index (Phi) is 3.36. The summed E-state index contributed by atoms with van der Waals surface area (Å²) in [6, 6.07) is 10.5. The van der Waals surface area contributed by atoms with E-state index in [-0.39, 0.29) is 0 Å². The van der Waals surface area contributed by atoms with Crippen LogP contribution in [0.2, 0.25) is 0 Å². The van der Waals surface area contributed by atoms with Crippen LogP contribution >= 0.6 is 0 Å². The van der Waals surface area contributed by atoms with Gasteiger partial charge in [0.1, 0.15) is 0 Å². The summed E-state index contributed by atoms with van der Waals surface area (Å²) in [6.45, 7) is 3.66. The van der Waals surface area contributed by atoms with E-state index in [1.54, 1.807) is 0 Å². The molecule has 1 aliphatic heterocycles. The molecule has 0 aliphatic carbocycles. The van der Waals surface area contributed by atoms with Crippen LogP contribution in [-0.2, 0) is 0 Å². The van der Waals surface area contributed by atoms with Gasteiger partial charge in [0.05, 0.1) is 0 Å². The Bertz CT molecular complexity index is 283. The second-order valence-corrected chi connectivity index (χ2v) is 3.82. The van der Waals surface area contributed by atoms with E-state index < -0.39 is 0 Å². The Hall–Kier alpha value is -1.08. The predicted molar refractivity (Wildman–Crippen MR) is 61.2 cm³/mol. The molecule has 1 heteroatoms. The Balaban J connectivity index is 1.82. The first-order valence-electron chi connectivity index (χ1n) is 5.39. The highest BCUT2D eigenvalue weighted by Gasteiger charge is 2.08. The summed E-state index contributed by atoms with van der Waals surface area (Å²) < 4.78 is 0. The van der Waals surface area contributed by atoms with Gasteiger partial charge in [-0.3, -0.25) is 4.90 Å². The first-order valence-corrected chi connectivity index (χ1v) is 5.39. The zero-order valence-corrected chi connectivity index (χ0v) is 8.52. The summed E-state index contributed by atoms with van der Waals surface area (Å²) >= 11 is 0. The molecule has 0 bridgehead atoms. The normalized spacial score (nSPS) is 18.0. The van der Waals surface area contributed by atoms with Gasteiger partial charge in [0.25, 0.3) is 0 Å². The lowest BCUT2D eigenvalue weighted by molar-refractivity contribution is 0.378. The second kappa shape index (κ2) is 4.97. The molecule has 1 aromatic rings. The van der Waals surface area contributed by atoms with Gasteiger partial charge in [0.15, 0.2) is 0 Å². The van der Waals surface area contributed by atoms with E-state index in [1.807, 2.05) is 0 Å². The van der Waals surface area contributed by atoms with Crippen molar-refractivity contribution in [1.82, 2.24) is 4.90 Å². The van der Waals surface area contributed by atoms with E-state index in [4.69, 9.17) is 0 Å². The van der Waals surface area contributed by atoms with Crippen molar-refractivity contribution in [1.29, 1.82) is 0 Å². The van der Waals surface area contributed by atoms with E-state index in [1.165, 1.54) is 31.5 Å². The van der Waals surface area contributed by atoms with Crippen molar-refractivity contribution >= 4 is 6.08 Å². The molecule has 14 heavy (non-hydrogen) atoms. The molecule has 1 aromatic carbocycles. The Labute approximate surface area is 86.1 Å². The van der Waals surface area contributed by atoms with Gasteiger partial charge in [-0.1, -0.05) is 42.5 Å². The van der Waals surface area contributed by atoms with E-state index in [9.17, 15) is 0 Å². The van der Waals surface area contributed by atoms with Crippen LogP contribution in [0.3, 0.4) is 0 Å². The molecule has 1 aliphatic rings. The lowest BCUT2D eigenvalue weighted by Gasteiger charge is -2.10. The van der Waals surface area contributed by atoms with Crippen molar-refractivity contribution in [2.45, 2.75) is 12.8 Å². The van der Waals surface area contributed by atoms with E-state index >= 15 is 0 Å². The van der Waals surface area contributed by atoms with E-state index in [0.717, 1.165) is 6.54 Å². The van der Waals surface area contributed by atoms with E-state index in [0.29, 0.717) is 0 Å². The summed E-state index contributed by atoms with van der Waals surface area (Å²) in [5, 5.41) is 0. The smallest absolute Gasteiger partial charge is 0.0166 e. The monoisotopic (exact) mass is 187 g/mol. The lowest BCUT2D eigenvalue weighted by Crippen LogP contribution is -2.18. The largest absolute Gasteiger partial charge is 0.300 e. The van der Waals surface area contributed by atoms with Gasteiger partial charge in [-0.2, -0.15) is 0 Å². The van der Waals surface area contributed by atoms with Crippen LogP contribution < -0.4 is 0 Å². The maximum absolute atomic E-state index is 2.50. The molecule has 1 nitrogen and oxygen atoms in total. The molecule has 0 saturated carbocycles. The molecule has 1 fully saturated rings. The van der Waals surface area contributed by atoms with Crippen LogP contribution in [0.4, 0.5) is 0 Å². The minimum Gasteiger partial charge on any atom is -0.300 e. The van der Waals surface area contributed by atoms with Gasteiger partial charge in [-0.05, 0) is 31.5 Å². The van der Waals surface area contributed by atoms with Gasteiger partial charge in [-0.25, -0.2) is 0 Å². The van der Waals surface area contributed by atoms with Crippen molar-refractivity contribution in [2.75, 3.05) is 19.6 Å². The zero-order valence-electron chi connectivity index (χ0n) is 8.52. The minimum atomic E-state index is 1.11. The molecule has 2 rings (SSSR count). The van der Waals surface area contributed by atoms with Gasteiger partial charge < -0.3 is 0 Å². The van der Waals surface area contributed by atoms with Crippen molar-refractivity contribution < 1.29 is 0 Å². The zero-order chi connectivity index (χ0) is 9.64. The third-order valence-corrected chi connectivity index (χ3v) is 2.67. The fourth-order valence-electron chi connectivity index (χ4n) is 1.87. The maximum Gasteiger partial charge on any atom is 0.0166 e. The maximum atomic E-state index is 2.50. The summed E-state index contributed by atoms with van der Waals surface area (Å²) in [5.41, 5.74) is 1.30. The molecule has 0 spiro atoms. The molecule has 74 valence electrons. The summed E-state index contributed by atoms with van der Waals surface area (Å²) in [4.78, 5) is 2.50. The fourth-order valence-corrected chi connectivity index (χ4v) is 1.87. The number of rotatable bonds is 3. The first kappa shape index (κ1) is 9.47. The average molecular weight is 187 g/mol. The molecule has 0 N–H and O–H groups in total. The SMILES string of the molecule is C(=C/c1ccccc1)/CN1CCCC1. The highest BCUT2D eigenvalue weighted by molar-refractivity contribution is 5.48. The molecule has 0 atom stereocenters. The lowest BCUT2D eigenvalue weighted by atomic mass is 10.2. The number of nitrogens with zero attached hydrogens (tertiary/aromatic N) is 1. The molecule has 1 heterocycles. The van der Waals surface area contributed by atoms with Crippen LogP contribution in [0.5, 0.6) is 0 Å². The van der Waals surface area contributed by atoms with Crippen molar-refractivity contribution in [2.24, 2.45) is 0 Å². The van der Waals surface area contributed by atoms with Crippen LogP contribution in [0.25, 0.3) is 6.08 Å². The summed E-state index contributed by atoms with van der Waals surface area (Å²) in [7, 11) is 0. The average Bonchev–Trinajstić information content (AvgIpc) is 2.72. The number of hydrogen-bond donors (Lipinski definition) is 0. The molecular formula is C13H17N. The quantitative estimate of drug-likeness (QED) is 0.703. The van der Waals surface area contributed by atoms with Crippen LogP contribution in [0, 0.1) is 0 Å². The van der Waals surface area contributed by atoms with Crippen molar-refractivity contribution in [3.8, 4) is 0 Å². The first-order chi connectivity index (χ1) is 6.95. The van der Waals surface area contributed by atoms with Crippen LogP contribution in [0.15, 0.2) is 36.4 Å². The van der Waals surface area contributed by atoms with Crippen LogP contribution in [-0.4, -0.2) is 24.5 Å². The summed E-state index contributed by atoms with van der Waals surface area (Å²) in [5.74, 6) is 0. The number of likely N-dealkylation sites (tertiary alicyclic amines) is 1. The fraction of sp³-hybridized carbons (Fsp3) is 0.385. The number of hydrogen-bond acceptors (Lipinski definition) is 1. The molecular weight excluding hydrogens is 170 g/mol. The van der Waals surface area contributed by atoms with Crippen LogP contribution in [0.1, 0.15) is 18.4 Å². The van der Waals surface area contributed by atoms with Crippen molar-refractivity contribution in [3.05, 3.63) is 42.0 Å². The van der Waals surface area contributed by atoms with Crippen molar-refractivity contribution in [3.63, 3.8) is 0 Å². The van der Waals surface area contributed by atoms with Gasteiger partial charge in [0, 0.05) is 6.54 Å².